The van der Waals surface area contributed by atoms with Crippen molar-refractivity contribution in [1.29, 1.82) is 0 Å². The van der Waals surface area contributed by atoms with Gasteiger partial charge in [0, 0.05) is 38.3 Å². The maximum atomic E-state index is 12.6. The molecule has 2 atom stereocenters. The third-order valence-electron chi connectivity index (χ3n) is 5.41. The molecule has 3 saturated heterocycles. The van der Waals surface area contributed by atoms with Crippen molar-refractivity contribution >= 4 is 12.0 Å². The number of carbonyl (C=O) groups excluding carboxylic acids is 2. The van der Waals surface area contributed by atoms with E-state index in [0.717, 1.165) is 39.3 Å². The maximum Gasteiger partial charge on any atom is 0.410 e. The number of hydrogen-bond donors (Lipinski definition) is 0. The number of ether oxygens (including phenoxy) is 2. The number of rotatable bonds is 5. The van der Waals surface area contributed by atoms with Crippen LogP contribution >= 0.6 is 0 Å². The molecule has 7 heteroatoms. The van der Waals surface area contributed by atoms with Gasteiger partial charge in [-0.3, -0.25) is 14.6 Å². The van der Waals surface area contributed by atoms with E-state index in [9.17, 15) is 9.59 Å². The number of amides is 2. The summed E-state index contributed by atoms with van der Waals surface area (Å²) in [4.78, 5) is 30.8. The zero-order chi connectivity index (χ0) is 17.9. The molecule has 2 unspecified atom stereocenters. The molecule has 26 heavy (non-hydrogen) atoms. The summed E-state index contributed by atoms with van der Waals surface area (Å²) >= 11 is 0. The van der Waals surface area contributed by atoms with Gasteiger partial charge in [0.25, 0.3) is 5.91 Å². The van der Waals surface area contributed by atoms with E-state index >= 15 is 0 Å². The Kier molecular flexibility index (Phi) is 5.08. The summed E-state index contributed by atoms with van der Waals surface area (Å²) in [5.41, 5.74) is 0.678. The highest BCUT2D eigenvalue weighted by Gasteiger charge is 2.48. The molecule has 0 aliphatic carbocycles. The van der Waals surface area contributed by atoms with Crippen LogP contribution in [0.15, 0.2) is 30.3 Å². The third kappa shape index (κ3) is 3.54. The van der Waals surface area contributed by atoms with Crippen molar-refractivity contribution < 1.29 is 19.1 Å². The Bertz CT molecular complexity index is 647. The van der Waals surface area contributed by atoms with Gasteiger partial charge in [-0.05, 0) is 18.6 Å². The molecule has 1 aromatic rings. The maximum absolute atomic E-state index is 12.6. The van der Waals surface area contributed by atoms with Gasteiger partial charge >= 0.3 is 6.09 Å². The van der Waals surface area contributed by atoms with Gasteiger partial charge in [0.05, 0.1) is 25.8 Å². The smallest absolute Gasteiger partial charge is 0.410 e. The van der Waals surface area contributed by atoms with Crippen molar-refractivity contribution in [2.45, 2.75) is 18.6 Å². The molecule has 4 rings (SSSR count). The van der Waals surface area contributed by atoms with Crippen LogP contribution in [0.3, 0.4) is 0 Å². The molecule has 1 aromatic carbocycles. The highest BCUT2D eigenvalue weighted by Crippen LogP contribution is 2.28. The molecule has 140 valence electrons. The average Bonchev–Trinajstić information content (AvgIpc) is 3.21. The molecule has 3 heterocycles. The Labute approximate surface area is 153 Å². The Balaban J connectivity index is 1.32. The third-order valence-corrected chi connectivity index (χ3v) is 5.41. The molecular weight excluding hydrogens is 334 g/mol. The average molecular weight is 359 g/mol. The van der Waals surface area contributed by atoms with E-state index in [1.807, 2.05) is 35.2 Å². The summed E-state index contributed by atoms with van der Waals surface area (Å²) in [6, 6.07) is 9.24. The number of fused-ring (bicyclic) bond motifs is 1. The van der Waals surface area contributed by atoms with Gasteiger partial charge in [-0.2, -0.15) is 0 Å². The van der Waals surface area contributed by atoms with E-state index < -0.39 is 0 Å². The first kappa shape index (κ1) is 17.3. The monoisotopic (exact) mass is 359 g/mol. The van der Waals surface area contributed by atoms with Crippen molar-refractivity contribution in [3.63, 3.8) is 0 Å². The lowest BCUT2D eigenvalue weighted by Gasteiger charge is -2.28. The fourth-order valence-corrected chi connectivity index (χ4v) is 3.98. The lowest BCUT2D eigenvalue weighted by molar-refractivity contribution is 0.0362. The Hall–Kier alpha value is -2.12. The van der Waals surface area contributed by atoms with E-state index in [2.05, 4.69) is 4.90 Å². The van der Waals surface area contributed by atoms with Gasteiger partial charge in [-0.1, -0.05) is 18.2 Å². The molecule has 0 N–H and O–H groups in total. The minimum Gasteiger partial charge on any atom is -0.442 e. The van der Waals surface area contributed by atoms with Crippen LogP contribution in [0.25, 0.3) is 0 Å². The van der Waals surface area contributed by atoms with E-state index in [-0.39, 0.29) is 24.1 Å². The van der Waals surface area contributed by atoms with E-state index in [1.165, 1.54) is 0 Å². The van der Waals surface area contributed by atoms with Gasteiger partial charge in [0.15, 0.2) is 0 Å². The molecule has 3 fully saturated rings. The normalized spacial score (nSPS) is 26.1. The van der Waals surface area contributed by atoms with Crippen LogP contribution in [-0.2, 0) is 9.47 Å². The second-order valence-corrected chi connectivity index (χ2v) is 7.07. The topological polar surface area (TPSA) is 62.3 Å². The predicted molar refractivity (Wildman–Crippen MR) is 95.0 cm³/mol. The predicted octanol–water partition coefficient (Wildman–Crippen LogP) is 1.05. The van der Waals surface area contributed by atoms with E-state index in [1.54, 1.807) is 4.90 Å². The van der Waals surface area contributed by atoms with Crippen LogP contribution in [0.2, 0.25) is 0 Å². The Morgan fingerprint density at radius 2 is 1.85 bits per heavy atom. The molecule has 3 aliphatic rings. The minimum absolute atomic E-state index is 0.00400. The van der Waals surface area contributed by atoms with Crippen molar-refractivity contribution in [1.82, 2.24) is 14.7 Å². The molecule has 0 aromatic heterocycles. The number of likely N-dealkylation sites (tertiary alicyclic amines) is 1. The first-order valence-corrected chi connectivity index (χ1v) is 9.34. The number of nitrogens with zero attached hydrogens (tertiary/aromatic N) is 3. The number of benzene rings is 1. The molecule has 3 aliphatic heterocycles. The van der Waals surface area contributed by atoms with Crippen LogP contribution in [0.4, 0.5) is 4.79 Å². The molecule has 0 spiro atoms. The number of hydrogen-bond acceptors (Lipinski definition) is 5. The first-order valence-electron chi connectivity index (χ1n) is 9.34. The summed E-state index contributed by atoms with van der Waals surface area (Å²) < 4.78 is 10.9. The number of carbonyl (C=O) groups is 2. The zero-order valence-electron chi connectivity index (χ0n) is 14.9. The van der Waals surface area contributed by atoms with Crippen molar-refractivity contribution in [2.75, 3.05) is 52.5 Å². The second-order valence-electron chi connectivity index (χ2n) is 7.07. The van der Waals surface area contributed by atoms with Crippen LogP contribution in [0, 0.1) is 0 Å². The zero-order valence-corrected chi connectivity index (χ0v) is 14.9. The van der Waals surface area contributed by atoms with Crippen molar-refractivity contribution in [2.24, 2.45) is 0 Å². The minimum atomic E-state index is -0.242. The van der Waals surface area contributed by atoms with Crippen LogP contribution < -0.4 is 0 Å². The lowest BCUT2D eigenvalue weighted by atomic mass is 10.2. The van der Waals surface area contributed by atoms with Gasteiger partial charge < -0.3 is 14.4 Å². The molecule has 0 saturated carbocycles. The second kappa shape index (κ2) is 7.63. The Morgan fingerprint density at radius 1 is 1.08 bits per heavy atom. The summed E-state index contributed by atoms with van der Waals surface area (Å²) in [6.45, 7) is 6.12. The Morgan fingerprint density at radius 3 is 2.62 bits per heavy atom. The molecule has 7 nitrogen and oxygen atoms in total. The van der Waals surface area contributed by atoms with Crippen molar-refractivity contribution in [3.8, 4) is 0 Å². The van der Waals surface area contributed by atoms with Crippen LogP contribution in [-0.4, -0.2) is 91.3 Å². The van der Waals surface area contributed by atoms with Gasteiger partial charge in [0.1, 0.15) is 6.10 Å². The first-order chi connectivity index (χ1) is 12.7. The van der Waals surface area contributed by atoms with Gasteiger partial charge in [0.2, 0.25) is 0 Å². The van der Waals surface area contributed by atoms with E-state index in [0.29, 0.717) is 25.2 Å². The summed E-state index contributed by atoms with van der Waals surface area (Å²) in [6.07, 6.45) is 0.456. The lowest BCUT2D eigenvalue weighted by Crippen LogP contribution is -2.42. The van der Waals surface area contributed by atoms with Crippen LogP contribution in [0.1, 0.15) is 16.8 Å². The quantitative estimate of drug-likeness (QED) is 0.787. The van der Waals surface area contributed by atoms with Crippen molar-refractivity contribution in [3.05, 3.63) is 35.9 Å². The van der Waals surface area contributed by atoms with Crippen LogP contribution in [0.5, 0.6) is 0 Å². The summed E-state index contributed by atoms with van der Waals surface area (Å²) in [5.74, 6) is 0.00400. The molecule has 0 bridgehead atoms. The summed E-state index contributed by atoms with van der Waals surface area (Å²) in [5, 5.41) is 0. The fourth-order valence-electron chi connectivity index (χ4n) is 3.98. The fraction of sp³-hybridized carbons (Fsp3) is 0.579. The molecule has 0 radical (unpaired) electrons. The highest BCUT2D eigenvalue weighted by atomic mass is 16.6. The van der Waals surface area contributed by atoms with Gasteiger partial charge in [-0.15, -0.1) is 0 Å². The highest BCUT2D eigenvalue weighted by molar-refractivity contribution is 5.94. The molecular formula is C19H25N3O4. The largest absolute Gasteiger partial charge is 0.442 e. The standard InChI is InChI=1S/C19H25N3O4/c23-18(15-5-2-1-3-6-15)21-13-16-17(14-21)26-19(24)22(16)8-4-7-20-9-11-25-12-10-20/h1-3,5-6,16-17H,4,7-14H2. The van der Waals surface area contributed by atoms with E-state index in [4.69, 9.17) is 9.47 Å². The summed E-state index contributed by atoms with van der Waals surface area (Å²) in [7, 11) is 0. The number of morpholine rings is 1. The van der Waals surface area contributed by atoms with Gasteiger partial charge in [-0.25, -0.2) is 4.79 Å². The SMILES string of the molecule is O=C(c1ccccc1)N1CC2OC(=O)N(CCCN3CCOCC3)C2C1. The molecule has 2 amide bonds.